The van der Waals surface area contributed by atoms with E-state index in [0.717, 1.165) is 22.0 Å². The highest BCUT2D eigenvalue weighted by Gasteiger charge is 2.02. The average molecular weight is 288 g/mol. The maximum atomic E-state index is 12.1. The number of carbonyl (C=O) groups is 1. The van der Waals surface area contributed by atoms with Gasteiger partial charge in [0, 0.05) is 22.8 Å². The van der Waals surface area contributed by atoms with Crippen LogP contribution in [-0.4, -0.2) is 5.91 Å². The van der Waals surface area contributed by atoms with Crippen LogP contribution in [0.2, 0.25) is 0 Å². The van der Waals surface area contributed by atoms with Crippen LogP contribution in [-0.2, 0) is 4.79 Å². The van der Waals surface area contributed by atoms with E-state index in [1.54, 1.807) is 6.08 Å². The summed E-state index contributed by atoms with van der Waals surface area (Å²) in [6, 6.07) is 21.2. The number of anilines is 2. The third-order valence-corrected chi connectivity index (χ3v) is 3.41. The van der Waals surface area contributed by atoms with E-state index in [-0.39, 0.29) is 5.91 Å². The Morgan fingerprint density at radius 2 is 1.64 bits per heavy atom. The number of nitrogens with one attached hydrogen (secondary N) is 1. The number of rotatable bonds is 3. The zero-order valence-corrected chi connectivity index (χ0v) is 12.0. The van der Waals surface area contributed by atoms with Crippen molar-refractivity contribution in [1.82, 2.24) is 0 Å². The second-order valence-corrected chi connectivity index (χ2v) is 5.02. The molecule has 0 bridgehead atoms. The van der Waals surface area contributed by atoms with Gasteiger partial charge in [0.05, 0.1) is 0 Å². The van der Waals surface area contributed by atoms with Gasteiger partial charge in [-0.3, -0.25) is 4.79 Å². The van der Waals surface area contributed by atoms with E-state index < -0.39 is 0 Å². The van der Waals surface area contributed by atoms with Crippen molar-refractivity contribution in [1.29, 1.82) is 0 Å². The van der Waals surface area contributed by atoms with Crippen LogP contribution in [0, 0.1) is 0 Å². The summed E-state index contributed by atoms with van der Waals surface area (Å²) in [5.74, 6) is -0.159. The molecule has 0 aliphatic heterocycles. The van der Waals surface area contributed by atoms with Gasteiger partial charge in [-0.1, -0.05) is 48.5 Å². The first-order valence-corrected chi connectivity index (χ1v) is 7.05. The van der Waals surface area contributed by atoms with Crippen molar-refractivity contribution in [2.24, 2.45) is 0 Å². The van der Waals surface area contributed by atoms with Crippen LogP contribution >= 0.6 is 0 Å². The van der Waals surface area contributed by atoms with E-state index in [0.29, 0.717) is 5.69 Å². The van der Waals surface area contributed by atoms with Crippen molar-refractivity contribution >= 4 is 34.1 Å². The largest absolute Gasteiger partial charge is 0.399 e. The van der Waals surface area contributed by atoms with E-state index in [1.165, 1.54) is 6.08 Å². The van der Waals surface area contributed by atoms with Crippen LogP contribution in [0.5, 0.6) is 0 Å². The molecule has 3 rings (SSSR count). The molecule has 0 atom stereocenters. The summed E-state index contributed by atoms with van der Waals surface area (Å²) in [6.07, 6.45) is 3.28. The minimum atomic E-state index is -0.159. The van der Waals surface area contributed by atoms with Crippen LogP contribution in [0.25, 0.3) is 16.8 Å². The molecule has 0 saturated heterocycles. The summed E-state index contributed by atoms with van der Waals surface area (Å²) >= 11 is 0. The molecule has 0 aliphatic rings. The first-order chi connectivity index (χ1) is 10.7. The Labute approximate surface area is 129 Å². The van der Waals surface area contributed by atoms with Crippen molar-refractivity contribution < 1.29 is 4.79 Å². The fourth-order valence-corrected chi connectivity index (χ4v) is 2.29. The normalized spacial score (nSPS) is 10.9. The molecule has 22 heavy (non-hydrogen) atoms. The van der Waals surface area contributed by atoms with Crippen LogP contribution in [0.1, 0.15) is 5.56 Å². The van der Waals surface area contributed by atoms with E-state index >= 15 is 0 Å². The number of carbonyl (C=O) groups excluding carboxylic acids is 1. The predicted molar refractivity (Wildman–Crippen MR) is 92.5 cm³/mol. The lowest BCUT2D eigenvalue weighted by Crippen LogP contribution is -2.07. The van der Waals surface area contributed by atoms with Crippen molar-refractivity contribution in [2.45, 2.75) is 0 Å². The first-order valence-electron chi connectivity index (χ1n) is 7.05. The highest BCUT2D eigenvalue weighted by Crippen LogP contribution is 2.22. The van der Waals surface area contributed by atoms with Gasteiger partial charge < -0.3 is 11.1 Å². The third kappa shape index (κ3) is 3.15. The number of hydrogen-bond donors (Lipinski definition) is 2. The quantitative estimate of drug-likeness (QED) is 0.563. The first kappa shape index (κ1) is 13.9. The van der Waals surface area contributed by atoms with Crippen molar-refractivity contribution in [3.05, 3.63) is 78.4 Å². The van der Waals surface area contributed by atoms with Gasteiger partial charge in [0.25, 0.3) is 0 Å². The van der Waals surface area contributed by atoms with Gasteiger partial charge in [0.2, 0.25) is 5.91 Å². The minimum absolute atomic E-state index is 0.159. The molecule has 108 valence electrons. The summed E-state index contributed by atoms with van der Waals surface area (Å²) in [5, 5.41) is 5.04. The number of hydrogen-bond acceptors (Lipinski definition) is 2. The van der Waals surface area contributed by atoms with Crippen molar-refractivity contribution in [3.63, 3.8) is 0 Å². The number of amides is 1. The maximum absolute atomic E-state index is 12.1. The van der Waals surface area contributed by atoms with Gasteiger partial charge in [0.15, 0.2) is 0 Å². The van der Waals surface area contributed by atoms with E-state index in [4.69, 9.17) is 5.73 Å². The summed E-state index contributed by atoms with van der Waals surface area (Å²) in [7, 11) is 0. The Kier molecular flexibility index (Phi) is 3.88. The monoisotopic (exact) mass is 288 g/mol. The van der Waals surface area contributed by atoms with Crippen LogP contribution in [0.15, 0.2) is 72.8 Å². The fraction of sp³-hybridized carbons (Fsp3) is 0. The molecule has 0 spiro atoms. The lowest BCUT2D eigenvalue weighted by Gasteiger charge is -2.06. The molecule has 3 N–H and O–H groups in total. The zero-order valence-electron chi connectivity index (χ0n) is 12.0. The molecule has 0 radical (unpaired) electrons. The highest BCUT2D eigenvalue weighted by atomic mass is 16.1. The van der Waals surface area contributed by atoms with Crippen LogP contribution < -0.4 is 11.1 Å². The standard InChI is InChI=1S/C19H16N2O/c20-16-11-8-14(9-12-16)10-13-19(22)21-18-7-3-5-15-4-1-2-6-17(15)18/h1-13H,20H2,(H,21,22)/b13-10+. The topological polar surface area (TPSA) is 55.1 Å². The lowest BCUT2D eigenvalue weighted by atomic mass is 10.1. The summed E-state index contributed by atoms with van der Waals surface area (Å²) in [5.41, 5.74) is 8.08. The predicted octanol–water partition coefficient (Wildman–Crippen LogP) is 4.07. The molecule has 0 unspecified atom stereocenters. The number of benzene rings is 3. The number of nitrogen functional groups attached to an aromatic ring is 1. The maximum Gasteiger partial charge on any atom is 0.248 e. The molecule has 3 aromatic carbocycles. The van der Waals surface area contributed by atoms with Crippen molar-refractivity contribution in [3.8, 4) is 0 Å². The van der Waals surface area contributed by atoms with E-state index in [9.17, 15) is 4.79 Å². The molecular formula is C19H16N2O. The smallest absolute Gasteiger partial charge is 0.248 e. The fourth-order valence-electron chi connectivity index (χ4n) is 2.29. The SMILES string of the molecule is Nc1ccc(/C=C/C(=O)Nc2cccc3ccccc23)cc1. The molecule has 0 fully saturated rings. The molecule has 0 heterocycles. The highest BCUT2D eigenvalue weighted by molar-refractivity contribution is 6.07. The Morgan fingerprint density at radius 1 is 0.909 bits per heavy atom. The summed E-state index contributed by atoms with van der Waals surface area (Å²) in [4.78, 5) is 12.1. The Bertz CT molecular complexity index is 830. The van der Waals surface area contributed by atoms with Gasteiger partial charge in [-0.15, -0.1) is 0 Å². The number of nitrogens with two attached hydrogens (primary N) is 1. The molecule has 0 aliphatic carbocycles. The van der Waals surface area contributed by atoms with Gasteiger partial charge in [0.1, 0.15) is 0 Å². The second-order valence-electron chi connectivity index (χ2n) is 5.02. The Balaban J connectivity index is 1.77. The molecule has 0 saturated carbocycles. The molecule has 3 aromatic rings. The molecule has 0 aromatic heterocycles. The number of fused-ring (bicyclic) bond motifs is 1. The summed E-state index contributed by atoms with van der Waals surface area (Å²) in [6.45, 7) is 0. The zero-order chi connectivity index (χ0) is 15.4. The van der Waals surface area contributed by atoms with Gasteiger partial charge >= 0.3 is 0 Å². The van der Waals surface area contributed by atoms with Gasteiger partial charge in [-0.05, 0) is 35.2 Å². The Morgan fingerprint density at radius 3 is 2.45 bits per heavy atom. The summed E-state index contributed by atoms with van der Waals surface area (Å²) < 4.78 is 0. The molecule has 3 heteroatoms. The third-order valence-electron chi connectivity index (χ3n) is 3.41. The average Bonchev–Trinajstić information content (AvgIpc) is 2.55. The lowest BCUT2D eigenvalue weighted by molar-refractivity contribution is -0.111. The van der Waals surface area contributed by atoms with Crippen LogP contribution in [0.3, 0.4) is 0 Å². The molecular weight excluding hydrogens is 272 g/mol. The second kappa shape index (κ2) is 6.14. The molecule has 3 nitrogen and oxygen atoms in total. The van der Waals surface area contributed by atoms with Crippen molar-refractivity contribution in [2.75, 3.05) is 11.1 Å². The van der Waals surface area contributed by atoms with Gasteiger partial charge in [-0.25, -0.2) is 0 Å². The Hall–Kier alpha value is -3.07. The van der Waals surface area contributed by atoms with Gasteiger partial charge in [-0.2, -0.15) is 0 Å². The molecule has 1 amide bonds. The van der Waals surface area contributed by atoms with Crippen LogP contribution in [0.4, 0.5) is 11.4 Å². The minimum Gasteiger partial charge on any atom is -0.399 e. The van der Waals surface area contributed by atoms with E-state index in [2.05, 4.69) is 5.32 Å². The van der Waals surface area contributed by atoms with E-state index in [1.807, 2.05) is 66.7 Å².